The first-order chi connectivity index (χ1) is 14.5. The van der Waals surface area contributed by atoms with Crippen molar-refractivity contribution in [2.24, 2.45) is 11.7 Å². The molecule has 4 heterocycles. The summed E-state index contributed by atoms with van der Waals surface area (Å²) in [6.45, 7) is 0.0898. The van der Waals surface area contributed by atoms with Crippen molar-refractivity contribution < 1.29 is 28.6 Å². The molecule has 30 heavy (non-hydrogen) atoms. The van der Waals surface area contributed by atoms with E-state index in [9.17, 15) is 14.4 Å². The molecule has 4 aliphatic rings. The van der Waals surface area contributed by atoms with Crippen LogP contribution in [0.3, 0.4) is 0 Å². The van der Waals surface area contributed by atoms with Gasteiger partial charge in [0.25, 0.3) is 0 Å². The van der Waals surface area contributed by atoms with E-state index in [-0.39, 0.29) is 29.2 Å². The van der Waals surface area contributed by atoms with Gasteiger partial charge in [0.2, 0.25) is 18.6 Å². The maximum atomic E-state index is 13.5. The molecule has 0 aliphatic carbocycles. The average molecular weight is 422 g/mol. The SMILES string of the molecule is NC1=C2C(=O)Oc3ccccc3[C@@H]2[C@@H]2C(=O)N(c3ccc4c(c3)OCO4)C(=O)[C@@H]2S1. The van der Waals surface area contributed by atoms with Crippen LogP contribution in [-0.4, -0.2) is 29.8 Å². The molecule has 0 saturated carbocycles. The number of thioether (sulfide) groups is 1. The first-order valence-corrected chi connectivity index (χ1v) is 10.2. The molecule has 1 saturated heterocycles. The molecule has 0 bridgehead atoms. The molecule has 0 unspecified atom stereocenters. The van der Waals surface area contributed by atoms with Crippen molar-refractivity contribution in [1.82, 2.24) is 0 Å². The minimum absolute atomic E-state index is 0.0898. The summed E-state index contributed by atoms with van der Waals surface area (Å²) in [6.07, 6.45) is 0. The Balaban J connectivity index is 1.48. The minimum atomic E-state index is -0.760. The van der Waals surface area contributed by atoms with E-state index < -0.39 is 23.1 Å². The summed E-state index contributed by atoms with van der Waals surface area (Å²) in [5.74, 6) is -1.31. The number of anilines is 1. The maximum absolute atomic E-state index is 13.5. The van der Waals surface area contributed by atoms with Crippen molar-refractivity contribution >= 4 is 35.2 Å². The van der Waals surface area contributed by atoms with Crippen LogP contribution < -0.4 is 24.8 Å². The highest BCUT2D eigenvalue weighted by Crippen LogP contribution is 2.54. The second kappa shape index (κ2) is 6.02. The van der Waals surface area contributed by atoms with Crippen LogP contribution in [0.2, 0.25) is 0 Å². The summed E-state index contributed by atoms with van der Waals surface area (Å²) in [5.41, 5.74) is 7.50. The van der Waals surface area contributed by atoms with Crippen molar-refractivity contribution in [1.29, 1.82) is 0 Å². The fourth-order valence-corrected chi connectivity index (χ4v) is 5.72. The van der Waals surface area contributed by atoms with E-state index in [0.717, 1.165) is 16.7 Å². The van der Waals surface area contributed by atoms with Gasteiger partial charge in [-0.25, -0.2) is 9.69 Å². The Morgan fingerprint density at radius 3 is 2.63 bits per heavy atom. The summed E-state index contributed by atoms with van der Waals surface area (Å²) in [7, 11) is 0. The molecular formula is C21H14N2O6S. The molecule has 9 heteroatoms. The standard InChI is InChI=1S/C21H14N2O6S/c22-18-16-14(10-3-1-2-4-11(10)29-21(16)26)15-17(30-18)20(25)23(19(15)24)9-5-6-12-13(7-9)28-8-27-12/h1-7,14-15,17H,8,22H2/t14-,15+,17-/m1/s1. The third kappa shape index (κ3) is 2.20. The number of imide groups is 1. The molecule has 0 aromatic heterocycles. The molecule has 1 fully saturated rings. The summed E-state index contributed by atoms with van der Waals surface area (Å²) >= 11 is 1.05. The molecule has 4 aliphatic heterocycles. The predicted octanol–water partition coefficient (Wildman–Crippen LogP) is 1.89. The summed E-state index contributed by atoms with van der Waals surface area (Å²) in [6, 6.07) is 12.0. The van der Waals surface area contributed by atoms with Gasteiger partial charge < -0.3 is 19.9 Å². The quantitative estimate of drug-likeness (QED) is 0.422. The first kappa shape index (κ1) is 17.4. The Bertz CT molecular complexity index is 1190. The Labute approximate surface area is 174 Å². The van der Waals surface area contributed by atoms with Crippen LogP contribution in [0.1, 0.15) is 11.5 Å². The van der Waals surface area contributed by atoms with Gasteiger partial charge in [-0.2, -0.15) is 0 Å². The lowest BCUT2D eigenvalue weighted by atomic mass is 9.77. The maximum Gasteiger partial charge on any atom is 0.342 e. The molecule has 2 aromatic carbocycles. The second-order valence-corrected chi connectivity index (χ2v) is 8.48. The zero-order valence-corrected chi connectivity index (χ0v) is 16.2. The highest BCUT2D eigenvalue weighted by atomic mass is 32.2. The van der Waals surface area contributed by atoms with Gasteiger partial charge in [-0.15, -0.1) is 0 Å². The normalized spacial score (nSPS) is 26.3. The van der Waals surface area contributed by atoms with E-state index in [0.29, 0.717) is 28.5 Å². The third-order valence-electron chi connectivity index (χ3n) is 5.78. The number of hydrogen-bond acceptors (Lipinski definition) is 8. The van der Waals surface area contributed by atoms with Crippen LogP contribution in [0.5, 0.6) is 17.2 Å². The highest BCUT2D eigenvalue weighted by molar-refractivity contribution is 8.04. The number of nitrogens with zero attached hydrogens (tertiary/aromatic N) is 1. The van der Waals surface area contributed by atoms with Crippen molar-refractivity contribution in [3.8, 4) is 17.2 Å². The monoisotopic (exact) mass is 422 g/mol. The van der Waals surface area contributed by atoms with Crippen molar-refractivity contribution in [3.05, 3.63) is 58.6 Å². The predicted molar refractivity (Wildman–Crippen MR) is 106 cm³/mol. The van der Waals surface area contributed by atoms with Gasteiger partial charge in [-0.05, 0) is 18.2 Å². The second-order valence-electron chi connectivity index (χ2n) is 7.30. The molecule has 2 aromatic rings. The Morgan fingerprint density at radius 2 is 1.77 bits per heavy atom. The van der Waals surface area contributed by atoms with Gasteiger partial charge in [-0.1, -0.05) is 30.0 Å². The highest BCUT2D eigenvalue weighted by Gasteiger charge is 2.58. The van der Waals surface area contributed by atoms with Crippen molar-refractivity contribution in [2.75, 3.05) is 11.7 Å². The topological polar surface area (TPSA) is 108 Å². The van der Waals surface area contributed by atoms with E-state index >= 15 is 0 Å². The molecular weight excluding hydrogens is 408 g/mol. The number of esters is 1. The number of fused-ring (bicyclic) bond motifs is 6. The van der Waals surface area contributed by atoms with E-state index in [4.69, 9.17) is 19.9 Å². The zero-order chi connectivity index (χ0) is 20.6. The largest absolute Gasteiger partial charge is 0.454 e. The van der Waals surface area contributed by atoms with Crippen LogP contribution in [0, 0.1) is 5.92 Å². The number of carbonyl (C=O) groups is 3. The summed E-state index contributed by atoms with van der Waals surface area (Å²) in [5, 5.41) is -0.509. The molecule has 2 N–H and O–H groups in total. The lowest BCUT2D eigenvalue weighted by molar-refractivity contribution is -0.131. The van der Waals surface area contributed by atoms with Crippen molar-refractivity contribution in [3.63, 3.8) is 0 Å². The van der Waals surface area contributed by atoms with E-state index in [1.165, 1.54) is 0 Å². The van der Waals surface area contributed by atoms with Gasteiger partial charge in [-0.3, -0.25) is 9.59 Å². The van der Waals surface area contributed by atoms with E-state index in [1.54, 1.807) is 42.5 Å². The van der Waals surface area contributed by atoms with Crippen LogP contribution >= 0.6 is 11.8 Å². The van der Waals surface area contributed by atoms with Crippen LogP contribution in [0.25, 0.3) is 0 Å². The average Bonchev–Trinajstić information content (AvgIpc) is 3.30. The van der Waals surface area contributed by atoms with Gasteiger partial charge >= 0.3 is 5.97 Å². The van der Waals surface area contributed by atoms with Gasteiger partial charge in [0.05, 0.1) is 22.2 Å². The number of benzene rings is 2. The Hall–Kier alpha value is -3.46. The fourth-order valence-electron chi connectivity index (χ4n) is 4.48. The number of hydrogen-bond donors (Lipinski definition) is 1. The molecule has 8 nitrogen and oxygen atoms in total. The minimum Gasteiger partial charge on any atom is -0.454 e. The van der Waals surface area contributed by atoms with Gasteiger partial charge in [0, 0.05) is 17.5 Å². The lowest BCUT2D eigenvalue weighted by Crippen LogP contribution is -2.39. The first-order valence-electron chi connectivity index (χ1n) is 9.29. The zero-order valence-electron chi connectivity index (χ0n) is 15.4. The van der Waals surface area contributed by atoms with Crippen LogP contribution in [0.15, 0.2) is 53.1 Å². The third-order valence-corrected chi connectivity index (χ3v) is 7.00. The number of amides is 2. The number of nitrogens with two attached hydrogens (primary N) is 1. The van der Waals surface area contributed by atoms with Gasteiger partial charge in [0.1, 0.15) is 11.0 Å². The molecule has 150 valence electrons. The number of ether oxygens (including phenoxy) is 3. The molecule has 6 rings (SSSR count). The Morgan fingerprint density at radius 1 is 0.967 bits per heavy atom. The molecule has 2 amide bonds. The molecule has 0 radical (unpaired) electrons. The van der Waals surface area contributed by atoms with Crippen LogP contribution in [-0.2, 0) is 14.4 Å². The molecule has 3 atom stereocenters. The number of rotatable bonds is 1. The number of carbonyl (C=O) groups excluding carboxylic acids is 3. The summed E-state index contributed by atoms with van der Waals surface area (Å²) in [4.78, 5) is 40.6. The number of para-hydroxylation sites is 1. The lowest BCUT2D eigenvalue weighted by Gasteiger charge is -2.36. The molecule has 0 spiro atoms. The smallest absolute Gasteiger partial charge is 0.342 e. The van der Waals surface area contributed by atoms with E-state index in [2.05, 4.69) is 0 Å². The van der Waals surface area contributed by atoms with Gasteiger partial charge in [0.15, 0.2) is 11.5 Å². The summed E-state index contributed by atoms with van der Waals surface area (Å²) < 4.78 is 16.1. The fraction of sp³-hybridized carbons (Fsp3) is 0.190. The van der Waals surface area contributed by atoms with Crippen molar-refractivity contribution in [2.45, 2.75) is 11.2 Å². The Kier molecular flexibility index (Phi) is 3.49. The van der Waals surface area contributed by atoms with E-state index in [1.807, 2.05) is 0 Å². The van der Waals surface area contributed by atoms with Crippen LogP contribution in [0.4, 0.5) is 5.69 Å².